The van der Waals surface area contributed by atoms with Crippen LogP contribution in [0.15, 0.2) is 66.7 Å². The molecule has 4 rings (SSSR count). The molecule has 1 heterocycles. The Balaban J connectivity index is 1.67. The van der Waals surface area contributed by atoms with Crippen molar-refractivity contribution >= 4 is 35.0 Å². The lowest BCUT2D eigenvalue weighted by atomic mass is 10.1. The first-order chi connectivity index (χ1) is 17.3. The molecular weight excluding hydrogens is 487 g/mol. The SMILES string of the molecule is COc1ccc(C(=O)N(CCc2cccc(Cl)c2)C2CC(=O)N(c3ccc(F)cc3)C2=O)cc1OC. The number of nitrogens with zero attached hydrogens (tertiary/aromatic N) is 2. The summed E-state index contributed by atoms with van der Waals surface area (Å²) >= 11 is 6.11. The maximum Gasteiger partial charge on any atom is 0.257 e. The number of hydrogen-bond donors (Lipinski definition) is 0. The molecule has 3 amide bonds. The van der Waals surface area contributed by atoms with Gasteiger partial charge in [0.1, 0.15) is 11.9 Å². The Hall–Kier alpha value is -3.91. The molecule has 0 N–H and O–H groups in total. The average molecular weight is 511 g/mol. The van der Waals surface area contributed by atoms with Crippen molar-refractivity contribution in [1.29, 1.82) is 0 Å². The Bertz CT molecular complexity index is 1300. The standard InChI is InChI=1S/C27H24ClFN2O5/c1-35-23-11-6-18(15-24(23)36-2)26(33)30(13-12-17-4-3-5-19(28)14-17)22-16-25(32)31(27(22)34)21-9-7-20(29)8-10-21/h3-11,14-15,22H,12-13,16H2,1-2H3. The van der Waals surface area contributed by atoms with Crippen LogP contribution in [-0.4, -0.2) is 49.4 Å². The van der Waals surface area contributed by atoms with Gasteiger partial charge in [-0.05, 0) is 66.6 Å². The summed E-state index contributed by atoms with van der Waals surface area (Å²) in [7, 11) is 2.95. The molecule has 186 valence electrons. The molecule has 1 saturated heterocycles. The van der Waals surface area contributed by atoms with E-state index in [1.54, 1.807) is 30.3 Å². The zero-order valence-corrected chi connectivity index (χ0v) is 20.5. The minimum Gasteiger partial charge on any atom is -0.493 e. The van der Waals surface area contributed by atoms with E-state index in [2.05, 4.69) is 0 Å². The van der Waals surface area contributed by atoms with Crippen molar-refractivity contribution in [2.24, 2.45) is 0 Å². The first-order valence-electron chi connectivity index (χ1n) is 11.2. The molecule has 7 nitrogen and oxygen atoms in total. The van der Waals surface area contributed by atoms with Crippen molar-refractivity contribution in [3.63, 3.8) is 0 Å². The normalized spacial score (nSPS) is 15.2. The number of anilines is 1. The third-order valence-corrected chi connectivity index (χ3v) is 6.24. The first-order valence-corrected chi connectivity index (χ1v) is 11.6. The molecule has 9 heteroatoms. The quantitative estimate of drug-likeness (QED) is 0.417. The minimum absolute atomic E-state index is 0.161. The molecule has 0 aliphatic carbocycles. The Kier molecular flexibility index (Phi) is 7.55. The zero-order valence-electron chi connectivity index (χ0n) is 19.7. The maximum atomic E-state index is 13.7. The highest BCUT2D eigenvalue weighted by Gasteiger charge is 2.44. The average Bonchev–Trinajstić information content (AvgIpc) is 3.17. The molecule has 0 bridgehead atoms. The van der Waals surface area contributed by atoms with Crippen LogP contribution < -0.4 is 14.4 Å². The lowest BCUT2D eigenvalue weighted by molar-refractivity contribution is -0.122. The van der Waals surface area contributed by atoms with Gasteiger partial charge in [-0.2, -0.15) is 0 Å². The highest BCUT2D eigenvalue weighted by atomic mass is 35.5. The second kappa shape index (κ2) is 10.8. The zero-order chi connectivity index (χ0) is 25.8. The summed E-state index contributed by atoms with van der Waals surface area (Å²) in [6.45, 7) is 0.161. The fourth-order valence-electron chi connectivity index (χ4n) is 4.20. The number of rotatable bonds is 8. The molecule has 36 heavy (non-hydrogen) atoms. The van der Waals surface area contributed by atoms with E-state index in [1.807, 2.05) is 6.07 Å². The first kappa shape index (κ1) is 25.2. The van der Waals surface area contributed by atoms with Crippen LogP contribution in [-0.2, 0) is 16.0 Å². The Morgan fingerprint density at radius 1 is 1.03 bits per heavy atom. The molecule has 0 radical (unpaired) electrons. The highest BCUT2D eigenvalue weighted by Crippen LogP contribution is 2.31. The van der Waals surface area contributed by atoms with Gasteiger partial charge in [0.05, 0.1) is 26.3 Å². The third kappa shape index (κ3) is 5.18. The second-order valence-electron chi connectivity index (χ2n) is 8.21. The van der Waals surface area contributed by atoms with Gasteiger partial charge >= 0.3 is 0 Å². The summed E-state index contributed by atoms with van der Waals surface area (Å²) in [5.74, 6) is -1.13. The number of imide groups is 1. The van der Waals surface area contributed by atoms with Gasteiger partial charge in [-0.1, -0.05) is 23.7 Å². The Labute approximate surface area is 213 Å². The number of carbonyl (C=O) groups excluding carboxylic acids is 3. The van der Waals surface area contributed by atoms with Gasteiger partial charge < -0.3 is 14.4 Å². The number of amides is 3. The van der Waals surface area contributed by atoms with Crippen LogP contribution in [0.3, 0.4) is 0 Å². The fraction of sp³-hybridized carbons (Fsp3) is 0.222. The second-order valence-corrected chi connectivity index (χ2v) is 8.65. The van der Waals surface area contributed by atoms with Crippen LogP contribution in [0.5, 0.6) is 11.5 Å². The van der Waals surface area contributed by atoms with Crippen LogP contribution in [0.2, 0.25) is 5.02 Å². The van der Waals surface area contributed by atoms with E-state index in [0.29, 0.717) is 22.9 Å². The summed E-state index contributed by atoms with van der Waals surface area (Å²) < 4.78 is 24.0. The molecule has 1 aliphatic heterocycles. The Morgan fingerprint density at radius 2 is 1.75 bits per heavy atom. The van der Waals surface area contributed by atoms with Crippen LogP contribution in [0, 0.1) is 5.82 Å². The third-order valence-electron chi connectivity index (χ3n) is 6.01. The number of hydrogen-bond acceptors (Lipinski definition) is 5. The molecule has 1 fully saturated rings. The van der Waals surface area contributed by atoms with Gasteiger partial charge in [0.2, 0.25) is 5.91 Å². The molecule has 1 unspecified atom stereocenters. The predicted octanol–water partition coefficient (Wildman–Crippen LogP) is 4.51. The molecule has 1 atom stereocenters. The van der Waals surface area contributed by atoms with Crippen molar-refractivity contribution in [2.75, 3.05) is 25.7 Å². The number of ether oxygens (including phenoxy) is 2. The Morgan fingerprint density at radius 3 is 2.42 bits per heavy atom. The maximum absolute atomic E-state index is 13.7. The summed E-state index contributed by atoms with van der Waals surface area (Å²) in [6.07, 6.45) is 0.221. The summed E-state index contributed by atoms with van der Waals surface area (Å²) in [5.41, 5.74) is 1.40. The van der Waals surface area contributed by atoms with Gasteiger partial charge in [-0.25, -0.2) is 9.29 Å². The van der Waals surface area contributed by atoms with Crippen molar-refractivity contribution in [2.45, 2.75) is 18.9 Å². The van der Waals surface area contributed by atoms with E-state index in [0.717, 1.165) is 10.5 Å². The molecular formula is C27H24ClFN2O5. The number of methoxy groups -OCH3 is 2. The van der Waals surface area contributed by atoms with E-state index in [9.17, 15) is 18.8 Å². The molecule has 0 saturated carbocycles. The van der Waals surface area contributed by atoms with E-state index in [1.165, 1.54) is 49.5 Å². The molecule has 0 spiro atoms. The highest BCUT2D eigenvalue weighted by molar-refractivity contribution is 6.30. The lowest BCUT2D eigenvalue weighted by Gasteiger charge is -2.28. The number of benzene rings is 3. The van der Waals surface area contributed by atoms with Crippen molar-refractivity contribution in [3.8, 4) is 11.5 Å². The van der Waals surface area contributed by atoms with Crippen LogP contribution in [0.4, 0.5) is 10.1 Å². The molecule has 3 aromatic rings. The van der Waals surface area contributed by atoms with E-state index in [-0.39, 0.29) is 24.2 Å². The van der Waals surface area contributed by atoms with Crippen LogP contribution in [0.25, 0.3) is 0 Å². The molecule has 1 aliphatic rings. The van der Waals surface area contributed by atoms with Gasteiger partial charge in [0.25, 0.3) is 11.8 Å². The van der Waals surface area contributed by atoms with Gasteiger partial charge in [0, 0.05) is 17.1 Å². The molecule has 3 aromatic carbocycles. The van der Waals surface area contributed by atoms with Gasteiger partial charge in [0.15, 0.2) is 11.5 Å². The largest absolute Gasteiger partial charge is 0.493 e. The monoisotopic (exact) mass is 510 g/mol. The summed E-state index contributed by atoms with van der Waals surface area (Å²) in [5, 5.41) is 0.555. The van der Waals surface area contributed by atoms with E-state index >= 15 is 0 Å². The van der Waals surface area contributed by atoms with Crippen LogP contribution in [0.1, 0.15) is 22.3 Å². The topological polar surface area (TPSA) is 76.2 Å². The fourth-order valence-corrected chi connectivity index (χ4v) is 4.41. The molecule has 0 aromatic heterocycles. The van der Waals surface area contributed by atoms with Crippen LogP contribution >= 0.6 is 11.6 Å². The number of halogens is 2. The van der Waals surface area contributed by atoms with E-state index < -0.39 is 29.6 Å². The van der Waals surface area contributed by atoms with E-state index in [4.69, 9.17) is 21.1 Å². The number of carbonyl (C=O) groups is 3. The minimum atomic E-state index is -1.03. The summed E-state index contributed by atoms with van der Waals surface area (Å²) in [6, 6.07) is 16.0. The van der Waals surface area contributed by atoms with Crippen molar-refractivity contribution < 1.29 is 28.2 Å². The lowest BCUT2D eigenvalue weighted by Crippen LogP contribution is -2.46. The van der Waals surface area contributed by atoms with Gasteiger partial charge in [-0.3, -0.25) is 14.4 Å². The van der Waals surface area contributed by atoms with Crippen molar-refractivity contribution in [3.05, 3.63) is 88.7 Å². The smallest absolute Gasteiger partial charge is 0.257 e. The van der Waals surface area contributed by atoms with Crippen molar-refractivity contribution in [1.82, 2.24) is 4.90 Å². The predicted molar refractivity (Wildman–Crippen MR) is 133 cm³/mol. The van der Waals surface area contributed by atoms with Gasteiger partial charge in [-0.15, -0.1) is 0 Å². The summed E-state index contributed by atoms with van der Waals surface area (Å²) in [4.78, 5) is 42.4.